The Kier molecular flexibility index (Phi) is 5.04. The van der Waals surface area contributed by atoms with Crippen molar-refractivity contribution in [1.82, 2.24) is 4.90 Å². The number of amides is 2. The molecule has 0 aromatic heterocycles. The maximum atomic E-state index is 12.4. The van der Waals surface area contributed by atoms with Gasteiger partial charge in [0, 0.05) is 18.7 Å². The third-order valence-electron chi connectivity index (χ3n) is 3.64. The number of para-hydroxylation sites is 1. The first-order valence-corrected chi connectivity index (χ1v) is 7.37. The van der Waals surface area contributed by atoms with E-state index in [1.54, 1.807) is 6.07 Å². The number of hydrogen-bond acceptors (Lipinski definition) is 4. The van der Waals surface area contributed by atoms with Gasteiger partial charge < -0.3 is 0 Å². The Hall–Kier alpha value is -2.50. The predicted molar refractivity (Wildman–Crippen MR) is 81.9 cm³/mol. The highest BCUT2D eigenvalue weighted by Gasteiger charge is 2.34. The minimum absolute atomic E-state index is 0.104. The number of imide groups is 1. The van der Waals surface area contributed by atoms with E-state index >= 15 is 0 Å². The first-order valence-electron chi connectivity index (χ1n) is 7.37. The highest BCUT2D eigenvalue weighted by atomic mass is 16.6. The molecule has 2 amide bonds. The van der Waals surface area contributed by atoms with E-state index in [2.05, 4.69) is 6.92 Å². The molecule has 6 nitrogen and oxygen atoms in total. The average molecular weight is 302 g/mol. The summed E-state index contributed by atoms with van der Waals surface area (Å²) in [4.78, 5) is 36.0. The molecule has 116 valence electrons. The molecule has 1 aromatic rings. The van der Waals surface area contributed by atoms with Crippen LogP contribution in [-0.2, 0) is 9.59 Å². The molecule has 0 fully saturated rings. The molecule has 1 heterocycles. The molecule has 2 rings (SSSR count). The highest BCUT2D eigenvalue weighted by Crippen LogP contribution is 2.30. The van der Waals surface area contributed by atoms with Crippen LogP contribution in [0, 0.1) is 10.1 Å². The number of nitro groups is 1. The molecule has 0 N–H and O–H groups in total. The summed E-state index contributed by atoms with van der Waals surface area (Å²) in [5.41, 5.74) is 0.137. The number of carbonyl (C=O) groups excluding carboxylic acids is 2. The van der Waals surface area contributed by atoms with Crippen molar-refractivity contribution in [2.75, 3.05) is 6.54 Å². The molecule has 0 spiro atoms. The fourth-order valence-corrected chi connectivity index (χ4v) is 2.47. The molecule has 1 aliphatic heterocycles. The van der Waals surface area contributed by atoms with Crippen LogP contribution in [0.4, 0.5) is 5.69 Å². The number of nitrogens with zero attached hydrogens (tertiary/aromatic N) is 2. The van der Waals surface area contributed by atoms with Crippen LogP contribution < -0.4 is 0 Å². The first-order chi connectivity index (χ1) is 10.6. The van der Waals surface area contributed by atoms with Gasteiger partial charge in [-0.25, -0.2) is 0 Å². The van der Waals surface area contributed by atoms with Gasteiger partial charge >= 0.3 is 0 Å². The SMILES string of the molecule is CCCCCCN1C(=O)C=C(c2ccccc2[N+](=O)[O-])C1=O. The Labute approximate surface area is 128 Å². The van der Waals surface area contributed by atoms with Gasteiger partial charge in [0.05, 0.1) is 16.1 Å². The Morgan fingerprint density at radius 1 is 1.14 bits per heavy atom. The van der Waals surface area contributed by atoms with Crippen LogP contribution in [0.15, 0.2) is 30.3 Å². The smallest absolute Gasteiger partial charge is 0.275 e. The fraction of sp³-hybridized carbons (Fsp3) is 0.375. The minimum Gasteiger partial charge on any atom is -0.275 e. The zero-order valence-corrected chi connectivity index (χ0v) is 12.4. The van der Waals surface area contributed by atoms with Crippen molar-refractivity contribution in [3.63, 3.8) is 0 Å². The Morgan fingerprint density at radius 2 is 1.86 bits per heavy atom. The molecule has 0 bridgehead atoms. The molecule has 0 aliphatic carbocycles. The van der Waals surface area contributed by atoms with E-state index in [9.17, 15) is 19.7 Å². The molecule has 1 aliphatic rings. The van der Waals surface area contributed by atoms with Crippen molar-refractivity contribution >= 4 is 23.1 Å². The van der Waals surface area contributed by atoms with E-state index in [0.717, 1.165) is 25.7 Å². The lowest BCUT2D eigenvalue weighted by atomic mass is 10.0. The van der Waals surface area contributed by atoms with Gasteiger partial charge in [-0.05, 0) is 12.5 Å². The fourth-order valence-electron chi connectivity index (χ4n) is 2.47. The normalized spacial score (nSPS) is 14.4. The maximum Gasteiger partial charge on any atom is 0.277 e. The largest absolute Gasteiger partial charge is 0.277 e. The van der Waals surface area contributed by atoms with Crippen molar-refractivity contribution in [2.45, 2.75) is 32.6 Å². The minimum atomic E-state index is -0.544. The Bertz CT molecular complexity index is 637. The van der Waals surface area contributed by atoms with Gasteiger partial charge in [-0.1, -0.05) is 38.3 Å². The zero-order valence-electron chi connectivity index (χ0n) is 12.4. The average Bonchev–Trinajstić information content (AvgIpc) is 2.79. The van der Waals surface area contributed by atoms with Crippen molar-refractivity contribution in [2.24, 2.45) is 0 Å². The lowest BCUT2D eigenvalue weighted by molar-refractivity contribution is -0.385. The molecule has 22 heavy (non-hydrogen) atoms. The molecule has 0 atom stereocenters. The van der Waals surface area contributed by atoms with Crippen LogP contribution >= 0.6 is 0 Å². The first kappa shape index (κ1) is 15.9. The molecule has 1 aromatic carbocycles. The van der Waals surface area contributed by atoms with E-state index in [1.165, 1.54) is 29.2 Å². The van der Waals surface area contributed by atoms with E-state index < -0.39 is 16.7 Å². The summed E-state index contributed by atoms with van der Waals surface area (Å²) in [6, 6.07) is 5.98. The summed E-state index contributed by atoms with van der Waals surface area (Å²) < 4.78 is 0. The molecule has 0 saturated heterocycles. The summed E-state index contributed by atoms with van der Waals surface area (Å²) in [6.45, 7) is 2.44. The van der Waals surface area contributed by atoms with Gasteiger partial charge in [-0.15, -0.1) is 0 Å². The molecule has 0 radical (unpaired) electrons. The summed E-state index contributed by atoms with van der Waals surface area (Å²) in [5, 5.41) is 11.1. The monoisotopic (exact) mass is 302 g/mol. The quantitative estimate of drug-likeness (QED) is 0.336. The molecule has 0 saturated carbocycles. The number of rotatable bonds is 7. The predicted octanol–water partition coefficient (Wildman–Crippen LogP) is 2.93. The van der Waals surface area contributed by atoms with Gasteiger partial charge in [-0.3, -0.25) is 24.6 Å². The Balaban J connectivity index is 2.17. The number of unbranched alkanes of at least 4 members (excludes halogenated alkanes) is 3. The third kappa shape index (κ3) is 3.21. The second-order valence-corrected chi connectivity index (χ2v) is 5.19. The second kappa shape index (κ2) is 6.98. The molecular weight excluding hydrogens is 284 g/mol. The topological polar surface area (TPSA) is 80.5 Å². The van der Waals surface area contributed by atoms with Gasteiger partial charge in [0.1, 0.15) is 0 Å². The standard InChI is InChI=1S/C16H18N2O4/c1-2-3-4-7-10-17-15(19)11-13(16(17)20)12-8-5-6-9-14(12)18(21)22/h5-6,8-9,11H,2-4,7,10H2,1H3. The van der Waals surface area contributed by atoms with Crippen molar-refractivity contribution in [3.05, 3.63) is 46.0 Å². The summed E-state index contributed by atoms with van der Waals surface area (Å²) in [7, 11) is 0. The van der Waals surface area contributed by atoms with Crippen LogP contribution in [0.2, 0.25) is 0 Å². The van der Waals surface area contributed by atoms with E-state index in [0.29, 0.717) is 6.54 Å². The van der Waals surface area contributed by atoms with Gasteiger partial charge in [0.25, 0.3) is 17.5 Å². The van der Waals surface area contributed by atoms with Crippen molar-refractivity contribution in [3.8, 4) is 0 Å². The summed E-state index contributed by atoms with van der Waals surface area (Å²) >= 11 is 0. The van der Waals surface area contributed by atoms with Crippen LogP contribution in [-0.4, -0.2) is 28.2 Å². The maximum absolute atomic E-state index is 12.4. The van der Waals surface area contributed by atoms with Crippen molar-refractivity contribution in [1.29, 1.82) is 0 Å². The van der Waals surface area contributed by atoms with Crippen molar-refractivity contribution < 1.29 is 14.5 Å². The van der Waals surface area contributed by atoms with Gasteiger partial charge in [0.15, 0.2) is 0 Å². The molecule has 0 unspecified atom stereocenters. The van der Waals surface area contributed by atoms with Crippen LogP contribution in [0.3, 0.4) is 0 Å². The lowest BCUT2D eigenvalue weighted by Crippen LogP contribution is -2.31. The van der Waals surface area contributed by atoms with E-state index in [4.69, 9.17) is 0 Å². The molecular formula is C16H18N2O4. The number of benzene rings is 1. The number of nitro benzene ring substituents is 1. The van der Waals surface area contributed by atoms with Gasteiger partial charge in [0.2, 0.25) is 0 Å². The number of hydrogen-bond donors (Lipinski definition) is 0. The number of carbonyl (C=O) groups is 2. The summed E-state index contributed by atoms with van der Waals surface area (Å²) in [6.07, 6.45) is 5.03. The molecule has 6 heteroatoms. The third-order valence-corrected chi connectivity index (χ3v) is 3.64. The summed E-state index contributed by atoms with van der Waals surface area (Å²) in [5.74, 6) is -0.842. The second-order valence-electron chi connectivity index (χ2n) is 5.19. The van der Waals surface area contributed by atoms with Crippen LogP contribution in [0.5, 0.6) is 0 Å². The van der Waals surface area contributed by atoms with Crippen LogP contribution in [0.1, 0.15) is 38.2 Å². The lowest BCUT2D eigenvalue weighted by Gasteiger charge is -2.14. The zero-order chi connectivity index (χ0) is 16.1. The van der Waals surface area contributed by atoms with Gasteiger partial charge in [-0.2, -0.15) is 0 Å². The van der Waals surface area contributed by atoms with E-state index in [-0.39, 0.29) is 16.8 Å². The van der Waals surface area contributed by atoms with Crippen LogP contribution in [0.25, 0.3) is 5.57 Å². The van der Waals surface area contributed by atoms with E-state index in [1.807, 2.05) is 0 Å². The highest BCUT2D eigenvalue weighted by molar-refractivity contribution is 6.34. The Morgan fingerprint density at radius 3 is 2.55 bits per heavy atom.